The first kappa shape index (κ1) is 9.49. The van der Waals surface area contributed by atoms with Gasteiger partial charge in [-0.05, 0) is 12.7 Å². The molecule has 58 valence electrons. The lowest BCUT2D eigenvalue weighted by molar-refractivity contribution is 0.415. The summed E-state index contributed by atoms with van der Waals surface area (Å²) in [6, 6.07) is 0. The highest BCUT2D eigenvalue weighted by atomic mass is 16.2. The van der Waals surface area contributed by atoms with E-state index in [1.807, 2.05) is 20.8 Å². The molecule has 0 amide bonds. The maximum absolute atomic E-state index is 9.34. The Kier molecular flexibility index (Phi) is 4.11. The van der Waals surface area contributed by atoms with Crippen LogP contribution in [0.15, 0.2) is 5.10 Å². The molecule has 0 aromatic rings. The van der Waals surface area contributed by atoms with Gasteiger partial charge in [-0.25, -0.2) is 5.10 Å². The molecule has 0 bridgehead atoms. The minimum Gasteiger partial charge on any atom is -0.431 e. The maximum atomic E-state index is 9.34. The number of hydrogen-bond acceptors (Lipinski definition) is 3. The van der Waals surface area contributed by atoms with Crippen molar-refractivity contribution in [2.75, 3.05) is 7.05 Å². The molecule has 10 heavy (non-hydrogen) atoms. The number of hydrazone groups is 1. The lowest BCUT2D eigenvalue weighted by Crippen LogP contribution is -2.34. The zero-order valence-corrected chi connectivity index (χ0v) is 7.07. The van der Waals surface area contributed by atoms with E-state index in [0.717, 1.165) is 0 Å². The molecular weight excluding hydrogens is 127 g/mol. The number of hydrogen-bond donors (Lipinski definition) is 1. The summed E-state index contributed by atoms with van der Waals surface area (Å²) in [5, 5.41) is 13.2. The maximum Gasteiger partial charge on any atom is 0.432 e. The molecule has 0 aliphatic heterocycles. The van der Waals surface area contributed by atoms with Crippen LogP contribution >= 0.6 is 0 Å². The van der Waals surface area contributed by atoms with Gasteiger partial charge in [0.2, 0.25) is 0 Å². The van der Waals surface area contributed by atoms with E-state index in [9.17, 15) is 5.02 Å². The largest absolute Gasteiger partial charge is 0.432 e. The van der Waals surface area contributed by atoms with Crippen LogP contribution in [0.3, 0.4) is 0 Å². The third-order valence-corrected chi connectivity index (χ3v) is 1.28. The van der Waals surface area contributed by atoms with Crippen molar-refractivity contribution in [3.05, 3.63) is 0 Å². The van der Waals surface area contributed by atoms with Gasteiger partial charge in [-0.1, -0.05) is 13.8 Å². The normalized spacial score (nSPS) is 11.0. The Morgan fingerprint density at radius 2 is 2.10 bits per heavy atom. The van der Waals surface area contributed by atoms with Gasteiger partial charge in [0.15, 0.2) is 0 Å². The van der Waals surface area contributed by atoms with Crippen LogP contribution in [0.25, 0.3) is 0 Å². The summed E-state index contributed by atoms with van der Waals surface area (Å²) < 4.78 is 0. The molecule has 0 atom stereocenters. The average molecular weight is 142 g/mol. The van der Waals surface area contributed by atoms with Crippen molar-refractivity contribution < 1.29 is 5.02 Å². The second-order valence-electron chi connectivity index (χ2n) is 2.60. The number of rotatable bonds is 3. The zero-order valence-electron chi connectivity index (χ0n) is 7.07. The second kappa shape index (κ2) is 4.33. The highest BCUT2D eigenvalue weighted by molar-refractivity contribution is 6.48. The van der Waals surface area contributed by atoms with Gasteiger partial charge in [0.25, 0.3) is 0 Å². The molecule has 0 rings (SSSR count). The molecule has 0 aliphatic carbocycles. The molecule has 0 saturated carbocycles. The summed E-state index contributed by atoms with van der Waals surface area (Å²) in [4.78, 5) is 1.55. The van der Waals surface area contributed by atoms with E-state index in [1.165, 1.54) is 0 Å². The van der Waals surface area contributed by atoms with Gasteiger partial charge in [0.05, 0.1) is 0 Å². The minimum atomic E-state index is -0.476. The summed E-state index contributed by atoms with van der Waals surface area (Å²) in [5.74, 6) is 0.216. The summed E-state index contributed by atoms with van der Waals surface area (Å²) in [6.45, 7) is 5.72. The van der Waals surface area contributed by atoms with Crippen LogP contribution < -0.4 is 0 Å². The van der Waals surface area contributed by atoms with Gasteiger partial charge in [-0.3, -0.25) is 0 Å². The lowest BCUT2D eigenvalue weighted by atomic mass is 9.69. The van der Waals surface area contributed by atoms with E-state index in [2.05, 4.69) is 5.10 Å². The third kappa shape index (κ3) is 2.87. The molecule has 0 saturated heterocycles. The first-order valence-electron chi connectivity index (χ1n) is 3.49. The Morgan fingerprint density at radius 1 is 1.60 bits per heavy atom. The first-order chi connectivity index (χ1) is 4.59. The van der Waals surface area contributed by atoms with E-state index >= 15 is 0 Å². The van der Waals surface area contributed by atoms with Crippen LogP contribution in [0, 0.1) is 0 Å². The van der Waals surface area contributed by atoms with Gasteiger partial charge in [0.1, 0.15) is 0 Å². The first-order valence-corrected chi connectivity index (χ1v) is 3.49. The van der Waals surface area contributed by atoms with Gasteiger partial charge >= 0.3 is 7.05 Å². The predicted octanol–water partition coefficient (Wildman–Crippen LogP) is 0.814. The minimum absolute atomic E-state index is 0.216. The Hall–Kier alpha value is -0.505. The molecule has 0 spiro atoms. The van der Waals surface area contributed by atoms with Gasteiger partial charge in [-0.15, -0.1) is 0 Å². The molecule has 0 fully saturated rings. The monoisotopic (exact) mass is 142 g/mol. The second-order valence-corrected chi connectivity index (χ2v) is 2.60. The molecule has 1 N–H and O–H groups in total. The van der Waals surface area contributed by atoms with E-state index in [-0.39, 0.29) is 5.82 Å². The van der Waals surface area contributed by atoms with Crippen molar-refractivity contribution in [2.45, 2.75) is 26.6 Å². The van der Waals surface area contributed by atoms with Crippen LogP contribution in [-0.4, -0.2) is 30.3 Å². The van der Waals surface area contributed by atoms with Gasteiger partial charge in [0, 0.05) is 13.3 Å². The summed E-state index contributed by atoms with van der Waals surface area (Å²) in [7, 11) is 1.28. The van der Waals surface area contributed by atoms with Crippen molar-refractivity contribution in [1.29, 1.82) is 0 Å². The highest BCUT2D eigenvalue weighted by Gasteiger charge is 2.20. The van der Waals surface area contributed by atoms with Crippen LogP contribution in [0.4, 0.5) is 0 Å². The van der Waals surface area contributed by atoms with E-state index < -0.39 is 7.05 Å². The molecular formula is C6H15BN2O. The zero-order chi connectivity index (χ0) is 8.15. The Morgan fingerprint density at radius 3 is 2.40 bits per heavy atom. The molecule has 0 aliphatic rings. The van der Waals surface area contributed by atoms with Gasteiger partial charge < -0.3 is 9.94 Å². The Labute approximate surface area is 62.9 Å². The fourth-order valence-electron chi connectivity index (χ4n) is 0.682. The van der Waals surface area contributed by atoms with Crippen molar-refractivity contribution in [3.63, 3.8) is 0 Å². The van der Waals surface area contributed by atoms with E-state index in [4.69, 9.17) is 0 Å². The molecule has 0 aromatic carbocycles. The van der Waals surface area contributed by atoms with E-state index in [0.29, 0.717) is 0 Å². The fourth-order valence-corrected chi connectivity index (χ4v) is 0.682. The van der Waals surface area contributed by atoms with Crippen molar-refractivity contribution in [1.82, 2.24) is 4.92 Å². The van der Waals surface area contributed by atoms with Crippen molar-refractivity contribution in [2.24, 2.45) is 5.10 Å². The summed E-state index contributed by atoms with van der Waals surface area (Å²) in [6.07, 6.45) is 1.66. The van der Waals surface area contributed by atoms with E-state index in [1.54, 1.807) is 18.2 Å². The third-order valence-electron chi connectivity index (χ3n) is 1.28. The van der Waals surface area contributed by atoms with Crippen molar-refractivity contribution >= 4 is 13.3 Å². The van der Waals surface area contributed by atoms with Crippen molar-refractivity contribution in [3.8, 4) is 0 Å². The SMILES string of the molecule is C/C=N\N(C)B(O)C(C)C. The molecule has 0 aromatic heterocycles. The summed E-state index contributed by atoms with van der Waals surface area (Å²) in [5.41, 5.74) is 0. The average Bonchev–Trinajstić information content (AvgIpc) is 1.87. The van der Waals surface area contributed by atoms with Crippen LogP contribution in [0.1, 0.15) is 20.8 Å². The number of nitrogens with zero attached hydrogens (tertiary/aromatic N) is 2. The molecule has 4 heteroatoms. The Balaban J connectivity index is 3.81. The fraction of sp³-hybridized carbons (Fsp3) is 0.833. The standard InChI is InChI=1S/C6H15BN2O/c1-5-8-9(4)7(10)6(2)3/h5-6,10H,1-4H3/b8-5-. The smallest absolute Gasteiger partial charge is 0.431 e. The lowest BCUT2D eigenvalue weighted by Gasteiger charge is -2.18. The summed E-state index contributed by atoms with van der Waals surface area (Å²) >= 11 is 0. The Bertz CT molecular complexity index is 116. The molecule has 0 unspecified atom stereocenters. The molecule has 0 radical (unpaired) electrons. The molecule has 0 heterocycles. The molecule has 3 nitrogen and oxygen atoms in total. The van der Waals surface area contributed by atoms with Crippen LogP contribution in [-0.2, 0) is 0 Å². The topological polar surface area (TPSA) is 35.8 Å². The highest BCUT2D eigenvalue weighted by Crippen LogP contribution is 2.06. The van der Waals surface area contributed by atoms with Crippen LogP contribution in [0.5, 0.6) is 0 Å². The quantitative estimate of drug-likeness (QED) is 0.359. The van der Waals surface area contributed by atoms with Gasteiger partial charge in [-0.2, -0.15) is 0 Å². The predicted molar refractivity (Wildman–Crippen MR) is 45.0 cm³/mol. The van der Waals surface area contributed by atoms with Crippen LogP contribution in [0.2, 0.25) is 5.82 Å².